The highest BCUT2D eigenvalue weighted by atomic mass is 32.1. The number of alkyl halides is 3. The summed E-state index contributed by atoms with van der Waals surface area (Å²) in [5.41, 5.74) is 0.803. The van der Waals surface area contributed by atoms with Crippen molar-refractivity contribution in [2.75, 3.05) is 11.9 Å². The number of aryl methyl sites for hydroxylation is 1. The lowest BCUT2D eigenvalue weighted by Gasteiger charge is -2.06. The Morgan fingerprint density at radius 2 is 1.85 bits per heavy atom. The van der Waals surface area contributed by atoms with Gasteiger partial charge in [-0.3, -0.25) is 0 Å². The molecule has 1 heterocycles. The van der Waals surface area contributed by atoms with E-state index in [0.717, 1.165) is 40.8 Å². The Morgan fingerprint density at radius 3 is 2.40 bits per heavy atom. The van der Waals surface area contributed by atoms with Crippen molar-refractivity contribution in [2.45, 2.75) is 26.4 Å². The van der Waals surface area contributed by atoms with Crippen molar-refractivity contribution in [1.82, 2.24) is 4.98 Å². The first-order chi connectivity index (χ1) is 9.41. The van der Waals surface area contributed by atoms with Gasteiger partial charge in [-0.25, -0.2) is 4.98 Å². The van der Waals surface area contributed by atoms with E-state index >= 15 is 0 Å². The van der Waals surface area contributed by atoms with E-state index in [2.05, 4.69) is 17.2 Å². The van der Waals surface area contributed by atoms with Gasteiger partial charge in [0.15, 0.2) is 5.13 Å². The Morgan fingerprint density at radius 1 is 1.20 bits per heavy atom. The molecule has 1 aromatic heterocycles. The van der Waals surface area contributed by atoms with Crippen LogP contribution in [0.2, 0.25) is 0 Å². The zero-order valence-corrected chi connectivity index (χ0v) is 12.0. The van der Waals surface area contributed by atoms with E-state index in [0.29, 0.717) is 5.56 Å². The maximum atomic E-state index is 12.5. The molecule has 0 unspecified atom stereocenters. The van der Waals surface area contributed by atoms with Crippen molar-refractivity contribution in [1.29, 1.82) is 0 Å². The highest BCUT2D eigenvalue weighted by Crippen LogP contribution is 2.33. The normalized spacial score (nSPS) is 11.7. The SMILES string of the molecule is CCCNc1nc(-c2ccc(C(F)(F)F)cc2)c(C)s1. The van der Waals surface area contributed by atoms with Gasteiger partial charge >= 0.3 is 6.18 Å². The Balaban J connectivity index is 2.25. The summed E-state index contributed by atoms with van der Waals surface area (Å²) < 4.78 is 37.6. The van der Waals surface area contributed by atoms with E-state index < -0.39 is 11.7 Å². The number of hydrogen-bond acceptors (Lipinski definition) is 3. The average Bonchev–Trinajstić information content (AvgIpc) is 2.77. The summed E-state index contributed by atoms with van der Waals surface area (Å²) in [7, 11) is 0. The van der Waals surface area contributed by atoms with E-state index in [9.17, 15) is 13.2 Å². The molecule has 0 amide bonds. The third-order valence-corrected chi connectivity index (χ3v) is 3.74. The van der Waals surface area contributed by atoms with Gasteiger partial charge in [0.05, 0.1) is 11.3 Å². The number of benzene rings is 1. The molecule has 0 atom stereocenters. The van der Waals surface area contributed by atoms with Crippen LogP contribution in [-0.4, -0.2) is 11.5 Å². The molecule has 2 nitrogen and oxygen atoms in total. The number of nitrogens with one attached hydrogen (secondary N) is 1. The molecule has 6 heteroatoms. The van der Waals surface area contributed by atoms with Crippen LogP contribution in [0.4, 0.5) is 18.3 Å². The fraction of sp³-hybridized carbons (Fsp3) is 0.357. The lowest BCUT2D eigenvalue weighted by Crippen LogP contribution is -2.04. The monoisotopic (exact) mass is 300 g/mol. The molecule has 108 valence electrons. The van der Waals surface area contributed by atoms with Crippen molar-refractivity contribution in [2.24, 2.45) is 0 Å². The Kier molecular flexibility index (Phi) is 4.32. The number of thiazole rings is 1. The average molecular weight is 300 g/mol. The zero-order chi connectivity index (χ0) is 14.8. The third kappa shape index (κ3) is 3.30. The van der Waals surface area contributed by atoms with Gasteiger partial charge in [-0.1, -0.05) is 19.1 Å². The first-order valence-corrected chi connectivity index (χ1v) is 7.12. The Bertz CT molecular complexity index is 573. The number of halogens is 3. The first-order valence-electron chi connectivity index (χ1n) is 6.30. The molecule has 0 saturated heterocycles. The standard InChI is InChI=1S/C14H15F3N2S/c1-3-8-18-13-19-12(9(2)20-13)10-4-6-11(7-5-10)14(15,16)17/h4-7H,3,8H2,1-2H3,(H,18,19). The van der Waals surface area contributed by atoms with E-state index in [1.807, 2.05) is 6.92 Å². The van der Waals surface area contributed by atoms with Crippen LogP contribution in [0.25, 0.3) is 11.3 Å². The molecular weight excluding hydrogens is 285 g/mol. The highest BCUT2D eigenvalue weighted by molar-refractivity contribution is 7.16. The van der Waals surface area contributed by atoms with Crippen molar-refractivity contribution >= 4 is 16.5 Å². The predicted octanol–water partition coefficient (Wildman–Crippen LogP) is 4.96. The minimum atomic E-state index is -4.30. The summed E-state index contributed by atoms with van der Waals surface area (Å²) in [6.07, 6.45) is -3.31. The molecule has 0 radical (unpaired) electrons. The van der Waals surface area contributed by atoms with Crippen LogP contribution in [0, 0.1) is 6.92 Å². The largest absolute Gasteiger partial charge is 0.416 e. The smallest absolute Gasteiger partial charge is 0.362 e. The molecule has 0 aliphatic rings. The number of aromatic nitrogens is 1. The zero-order valence-electron chi connectivity index (χ0n) is 11.2. The summed E-state index contributed by atoms with van der Waals surface area (Å²) in [5, 5.41) is 3.99. The van der Waals surface area contributed by atoms with Gasteiger partial charge in [0.2, 0.25) is 0 Å². The lowest BCUT2D eigenvalue weighted by molar-refractivity contribution is -0.137. The summed E-state index contributed by atoms with van der Waals surface area (Å²) in [6, 6.07) is 5.11. The van der Waals surface area contributed by atoms with Crippen molar-refractivity contribution in [3.05, 3.63) is 34.7 Å². The minimum absolute atomic E-state index is 0.640. The molecule has 0 aliphatic heterocycles. The molecule has 0 fully saturated rings. The topological polar surface area (TPSA) is 24.9 Å². The van der Waals surface area contributed by atoms with Crippen LogP contribution in [0.3, 0.4) is 0 Å². The summed E-state index contributed by atoms with van der Waals surface area (Å²) in [6.45, 7) is 4.81. The van der Waals surface area contributed by atoms with Gasteiger partial charge in [0.25, 0.3) is 0 Å². The fourth-order valence-corrected chi connectivity index (χ4v) is 2.65. The van der Waals surface area contributed by atoms with Crippen LogP contribution in [0.15, 0.2) is 24.3 Å². The van der Waals surface area contributed by atoms with Crippen molar-refractivity contribution < 1.29 is 13.2 Å². The first kappa shape index (κ1) is 14.8. The molecular formula is C14H15F3N2S. The maximum absolute atomic E-state index is 12.5. The molecule has 2 aromatic rings. The van der Waals surface area contributed by atoms with Crippen LogP contribution in [0.1, 0.15) is 23.8 Å². The second-order valence-corrected chi connectivity index (χ2v) is 5.63. The van der Waals surface area contributed by atoms with E-state index in [-0.39, 0.29) is 0 Å². The second-order valence-electron chi connectivity index (χ2n) is 4.43. The number of rotatable bonds is 4. The molecule has 0 saturated carbocycles. The molecule has 20 heavy (non-hydrogen) atoms. The fourth-order valence-electron chi connectivity index (χ4n) is 1.79. The van der Waals surface area contributed by atoms with Crippen LogP contribution < -0.4 is 5.32 Å². The van der Waals surface area contributed by atoms with Gasteiger partial charge in [-0.05, 0) is 25.5 Å². The number of anilines is 1. The quantitative estimate of drug-likeness (QED) is 0.863. The molecule has 0 aliphatic carbocycles. The van der Waals surface area contributed by atoms with E-state index in [1.165, 1.54) is 23.5 Å². The summed E-state index contributed by atoms with van der Waals surface area (Å²) in [4.78, 5) is 5.42. The van der Waals surface area contributed by atoms with Gasteiger partial charge in [0.1, 0.15) is 0 Å². The summed E-state index contributed by atoms with van der Waals surface area (Å²) in [5.74, 6) is 0. The molecule has 1 aromatic carbocycles. The van der Waals surface area contributed by atoms with Crippen molar-refractivity contribution in [3.8, 4) is 11.3 Å². The molecule has 2 rings (SSSR count). The third-order valence-electron chi connectivity index (χ3n) is 2.81. The van der Waals surface area contributed by atoms with Crippen LogP contribution >= 0.6 is 11.3 Å². The highest BCUT2D eigenvalue weighted by Gasteiger charge is 2.30. The lowest BCUT2D eigenvalue weighted by atomic mass is 10.1. The van der Waals surface area contributed by atoms with Gasteiger partial charge in [0, 0.05) is 17.0 Å². The number of nitrogens with zero attached hydrogens (tertiary/aromatic N) is 1. The molecule has 0 bridgehead atoms. The van der Waals surface area contributed by atoms with Gasteiger partial charge < -0.3 is 5.32 Å². The predicted molar refractivity (Wildman–Crippen MR) is 76.1 cm³/mol. The van der Waals surface area contributed by atoms with Gasteiger partial charge in [-0.15, -0.1) is 11.3 Å². The summed E-state index contributed by atoms with van der Waals surface area (Å²) >= 11 is 1.51. The second kappa shape index (κ2) is 5.83. The molecule has 0 spiro atoms. The minimum Gasteiger partial charge on any atom is -0.362 e. The van der Waals surface area contributed by atoms with Crippen LogP contribution in [0.5, 0.6) is 0 Å². The van der Waals surface area contributed by atoms with Gasteiger partial charge in [-0.2, -0.15) is 13.2 Å². The molecule has 1 N–H and O–H groups in total. The maximum Gasteiger partial charge on any atom is 0.416 e. The Labute approximate surface area is 119 Å². The van der Waals surface area contributed by atoms with Crippen molar-refractivity contribution in [3.63, 3.8) is 0 Å². The van der Waals surface area contributed by atoms with E-state index in [4.69, 9.17) is 0 Å². The van der Waals surface area contributed by atoms with E-state index in [1.54, 1.807) is 0 Å². The van der Waals surface area contributed by atoms with Crippen LogP contribution in [-0.2, 0) is 6.18 Å². The number of hydrogen-bond donors (Lipinski definition) is 1. The Hall–Kier alpha value is -1.56.